The number of thiophene rings is 1. The van der Waals surface area contributed by atoms with Gasteiger partial charge in [0.2, 0.25) is 5.91 Å². The molecule has 1 aliphatic rings. The van der Waals surface area contributed by atoms with Crippen LogP contribution in [0.5, 0.6) is 0 Å². The second-order valence-electron chi connectivity index (χ2n) is 7.75. The van der Waals surface area contributed by atoms with E-state index < -0.39 is 0 Å². The Kier molecular flexibility index (Phi) is 5.67. The number of benzene rings is 1. The Bertz CT molecular complexity index is 1180. The number of hydrogen-bond acceptors (Lipinski definition) is 5. The van der Waals surface area contributed by atoms with Gasteiger partial charge in [-0.05, 0) is 49.4 Å². The third kappa shape index (κ3) is 4.00. The maximum Gasteiger partial charge on any atom is 0.262 e. The van der Waals surface area contributed by atoms with Gasteiger partial charge in [-0.15, -0.1) is 11.3 Å². The molecule has 1 aromatic carbocycles. The molecule has 2 aromatic heterocycles. The summed E-state index contributed by atoms with van der Waals surface area (Å²) in [5, 5.41) is 3.44. The van der Waals surface area contributed by atoms with Gasteiger partial charge in [-0.25, -0.2) is 4.98 Å². The number of nitrogens with one attached hydrogen (secondary N) is 1. The minimum Gasteiger partial charge on any atom is -0.345 e. The van der Waals surface area contributed by atoms with E-state index in [-0.39, 0.29) is 23.9 Å². The number of carbonyl (C=O) groups is 2. The first-order valence-corrected chi connectivity index (χ1v) is 10.9. The third-order valence-corrected chi connectivity index (χ3v) is 6.51. The summed E-state index contributed by atoms with van der Waals surface area (Å²) < 4.78 is 1.37. The molecule has 0 aliphatic heterocycles. The van der Waals surface area contributed by atoms with Gasteiger partial charge < -0.3 is 10.2 Å². The van der Waals surface area contributed by atoms with Crippen molar-refractivity contribution < 1.29 is 9.59 Å². The average molecular weight is 425 g/mol. The summed E-state index contributed by atoms with van der Waals surface area (Å²) in [6.45, 7) is -0.127. The van der Waals surface area contributed by atoms with E-state index in [1.54, 1.807) is 49.7 Å². The van der Waals surface area contributed by atoms with Crippen LogP contribution >= 0.6 is 11.3 Å². The van der Waals surface area contributed by atoms with Gasteiger partial charge in [-0.3, -0.25) is 19.0 Å². The quantitative estimate of drug-likeness (QED) is 0.653. The molecule has 0 atom stereocenters. The fourth-order valence-corrected chi connectivity index (χ4v) is 5.03. The molecule has 1 aliphatic carbocycles. The van der Waals surface area contributed by atoms with Crippen LogP contribution < -0.4 is 10.9 Å². The Labute approximate surface area is 178 Å². The molecule has 0 radical (unpaired) electrons. The molecule has 0 unspecified atom stereocenters. The average Bonchev–Trinajstić information content (AvgIpc) is 2.91. The zero-order chi connectivity index (χ0) is 21.3. The van der Waals surface area contributed by atoms with Crippen LogP contribution in [0, 0.1) is 0 Å². The first-order valence-electron chi connectivity index (χ1n) is 10.1. The van der Waals surface area contributed by atoms with Crippen LogP contribution in [0.4, 0.5) is 5.69 Å². The first kappa shape index (κ1) is 20.3. The summed E-state index contributed by atoms with van der Waals surface area (Å²) in [6, 6.07) is 6.76. The lowest BCUT2D eigenvalue weighted by molar-refractivity contribution is -0.116. The van der Waals surface area contributed by atoms with Crippen molar-refractivity contribution in [1.29, 1.82) is 0 Å². The fourth-order valence-electron chi connectivity index (χ4n) is 3.81. The molecule has 4 rings (SSSR count). The minimum absolute atomic E-state index is 0.127. The van der Waals surface area contributed by atoms with Crippen LogP contribution in [0.25, 0.3) is 10.2 Å². The molecule has 156 valence electrons. The van der Waals surface area contributed by atoms with Crippen molar-refractivity contribution in [2.24, 2.45) is 0 Å². The Hall–Kier alpha value is -3.00. The molecule has 0 spiro atoms. The van der Waals surface area contributed by atoms with E-state index in [1.807, 2.05) is 0 Å². The number of rotatable bonds is 4. The third-order valence-electron chi connectivity index (χ3n) is 5.31. The van der Waals surface area contributed by atoms with Crippen LogP contribution in [0.15, 0.2) is 35.4 Å². The molecule has 30 heavy (non-hydrogen) atoms. The largest absolute Gasteiger partial charge is 0.345 e. The summed E-state index contributed by atoms with van der Waals surface area (Å²) in [5.74, 6) is -0.482. The Balaban J connectivity index is 1.56. The molecular formula is C22H24N4O3S. The van der Waals surface area contributed by atoms with Crippen molar-refractivity contribution in [3.05, 3.63) is 57.0 Å². The van der Waals surface area contributed by atoms with E-state index in [9.17, 15) is 14.4 Å². The monoisotopic (exact) mass is 424 g/mol. The molecule has 7 nitrogen and oxygen atoms in total. The van der Waals surface area contributed by atoms with Crippen molar-refractivity contribution in [2.45, 2.75) is 38.6 Å². The van der Waals surface area contributed by atoms with Crippen molar-refractivity contribution in [3.8, 4) is 0 Å². The van der Waals surface area contributed by atoms with E-state index in [0.29, 0.717) is 16.6 Å². The molecule has 0 saturated carbocycles. The highest BCUT2D eigenvalue weighted by molar-refractivity contribution is 7.18. The van der Waals surface area contributed by atoms with Crippen LogP contribution in [0.2, 0.25) is 0 Å². The van der Waals surface area contributed by atoms with Crippen LogP contribution in [0.1, 0.15) is 40.1 Å². The standard InChI is InChI=1S/C22H24N4O3S/c1-25(2)21(28)14-7-6-8-15(11-14)24-18(27)12-26-13-23-20-19(22(26)29)16-9-4-3-5-10-17(16)30-20/h6-8,11,13H,3-5,9-10,12H2,1-2H3,(H,24,27). The van der Waals surface area contributed by atoms with Crippen LogP contribution in [0.3, 0.4) is 0 Å². The smallest absolute Gasteiger partial charge is 0.262 e. The number of anilines is 1. The van der Waals surface area contributed by atoms with Gasteiger partial charge in [-0.2, -0.15) is 0 Å². The lowest BCUT2D eigenvalue weighted by Crippen LogP contribution is -2.28. The molecule has 1 N–H and O–H groups in total. The van der Waals surface area contributed by atoms with E-state index >= 15 is 0 Å². The van der Waals surface area contributed by atoms with E-state index in [2.05, 4.69) is 10.3 Å². The molecular weight excluding hydrogens is 400 g/mol. The Morgan fingerprint density at radius 1 is 1.20 bits per heavy atom. The number of aromatic nitrogens is 2. The SMILES string of the molecule is CN(C)C(=O)c1cccc(NC(=O)Cn2cnc3sc4c(c3c2=O)CCCCC4)c1. The zero-order valence-electron chi connectivity index (χ0n) is 17.1. The summed E-state index contributed by atoms with van der Waals surface area (Å²) in [7, 11) is 3.35. The van der Waals surface area contributed by atoms with Crippen molar-refractivity contribution in [3.63, 3.8) is 0 Å². The summed E-state index contributed by atoms with van der Waals surface area (Å²) in [4.78, 5) is 45.7. The van der Waals surface area contributed by atoms with E-state index in [4.69, 9.17) is 0 Å². The molecule has 3 aromatic rings. The number of aryl methyl sites for hydroxylation is 2. The van der Waals surface area contributed by atoms with E-state index in [1.165, 1.54) is 27.1 Å². The van der Waals surface area contributed by atoms with Crippen molar-refractivity contribution in [2.75, 3.05) is 19.4 Å². The van der Waals surface area contributed by atoms with Gasteiger partial charge in [0.05, 0.1) is 11.7 Å². The van der Waals surface area contributed by atoms with Gasteiger partial charge >= 0.3 is 0 Å². The highest BCUT2D eigenvalue weighted by Gasteiger charge is 2.20. The highest BCUT2D eigenvalue weighted by atomic mass is 32.1. The van der Waals surface area contributed by atoms with Crippen molar-refractivity contribution in [1.82, 2.24) is 14.5 Å². The van der Waals surface area contributed by atoms with E-state index in [0.717, 1.165) is 36.1 Å². The Morgan fingerprint density at radius 2 is 2.00 bits per heavy atom. The van der Waals surface area contributed by atoms with Gasteiger partial charge in [0.1, 0.15) is 11.4 Å². The molecule has 2 heterocycles. The second kappa shape index (κ2) is 8.39. The van der Waals surface area contributed by atoms with Gasteiger partial charge in [0.25, 0.3) is 11.5 Å². The van der Waals surface area contributed by atoms with Crippen LogP contribution in [-0.4, -0.2) is 40.4 Å². The van der Waals surface area contributed by atoms with Gasteiger partial charge in [-0.1, -0.05) is 12.5 Å². The lowest BCUT2D eigenvalue weighted by atomic mass is 10.1. The summed E-state index contributed by atoms with van der Waals surface area (Å²) in [6.07, 6.45) is 6.75. The molecule has 0 saturated heterocycles. The van der Waals surface area contributed by atoms with Gasteiger partial charge in [0, 0.05) is 30.2 Å². The maximum absolute atomic E-state index is 13.1. The topological polar surface area (TPSA) is 84.3 Å². The number of nitrogens with zero attached hydrogens (tertiary/aromatic N) is 3. The Morgan fingerprint density at radius 3 is 2.80 bits per heavy atom. The predicted octanol–water partition coefficient (Wildman–Crippen LogP) is 3.07. The van der Waals surface area contributed by atoms with Gasteiger partial charge in [0.15, 0.2) is 0 Å². The summed E-state index contributed by atoms with van der Waals surface area (Å²) >= 11 is 1.60. The number of hydrogen-bond donors (Lipinski definition) is 1. The number of amides is 2. The molecule has 8 heteroatoms. The maximum atomic E-state index is 13.1. The lowest BCUT2D eigenvalue weighted by Gasteiger charge is -2.12. The highest BCUT2D eigenvalue weighted by Crippen LogP contribution is 2.32. The molecule has 0 bridgehead atoms. The van der Waals surface area contributed by atoms with Crippen molar-refractivity contribution >= 4 is 39.1 Å². The predicted molar refractivity (Wildman–Crippen MR) is 118 cm³/mol. The fraction of sp³-hybridized carbons (Fsp3) is 0.364. The molecule has 2 amide bonds. The summed E-state index contributed by atoms with van der Waals surface area (Å²) in [5.41, 5.74) is 1.96. The first-order chi connectivity index (χ1) is 14.4. The second-order valence-corrected chi connectivity index (χ2v) is 8.83. The number of carbonyl (C=O) groups excluding carboxylic acids is 2. The number of fused-ring (bicyclic) bond motifs is 3. The molecule has 0 fully saturated rings. The van der Waals surface area contributed by atoms with Crippen LogP contribution in [-0.2, 0) is 24.2 Å². The normalized spacial score (nSPS) is 13.5. The minimum atomic E-state index is -0.339. The zero-order valence-corrected chi connectivity index (χ0v) is 17.9.